The molecule has 0 aromatic rings. The fourth-order valence-corrected chi connectivity index (χ4v) is 1.37. The van der Waals surface area contributed by atoms with Crippen LogP contribution in [0.25, 0.3) is 0 Å². The summed E-state index contributed by atoms with van der Waals surface area (Å²) in [4.78, 5) is 11.1. The Morgan fingerprint density at radius 1 is 1.75 bits per heavy atom. The van der Waals surface area contributed by atoms with Gasteiger partial charge >= 0.3 is 0 Å². The standard InChI is InChI=1S/C9H14N2O/c1-2-4-11-9(12)6-8-3-5-10-7-8/h1,8,10H,3-7H2,(H,11,12). The molecule has 1 fully saturated rings. The zero-order chi connectivity index (χ0) is 8.81. The van der Waals surface area contributed by atoms with E-state index in [1.54, 1.807) is 0 Å². The van der Waals surface area contributed by atoms with Crippen LogP contribution in [0.5, 0.6) is 0 Å². The lowest BCUT2D eigenvalue weighted by Gasteiger charge is -2.06. The molecule has 1 saturated heterocycles. The van der Waals surface area contributed by atoms with Gasteiger partial charge in [-0.3, -0.25) is 4.79 Å². The minimum absolute atomic E-state index is 0.0710. The van der Waals surface area contributed by atoms with Crippen molar-refractivity contribution < 1.29 is 4.79 Å². The van der Waals surface area contributed by atoms with Crippen LogP contribution in [-0.2, 0) is 4.79 Å². The molecule has 1 aliphatic rings. The number of terminal acetylenes is 1. The molecule has 1 amide bonds. The van der Waals surface area contributed by atoms with E-state index >= 15 is 0 Å². The Balaban J connectivity index is 2.13. The van der Waals surface area contributed by atoms with Crippen LogP contribution >= 0.6 is 0 Å². The Morgan fingerprint density at radius 3 is 3.17 bits per heavy atom. The molecule has 3 heteroatoms. The monoisotopic (exact) mass is 166 g/mol. The van der Waals surface area contributed by atoms with Gasteiger partial charge in [-0.05, 0) is 25.4 Å². The minimum atomic E-state index is 0.0710. The number of carbonyl (C=O) groups is 1. The SMILES string of the molecule is C#CCNC(=O)CC1CCNC1. The molecule has 3 nitrogen and oxygen atoms in total. The molecule has 0 aromatic carbocycles. The first-order chi connectivity index (χ1) is 5.83. The molecule has 1 heterocycles. The van der Waals surface area contributed by atoms with Gasteiger partial charge < -0.3 is 10.6 Å². The average Bonchev–Trinajstić information content (AvgIpc) is 2.53. The van der Waals surface area contributed by atoms with Gasteiger partial charge in [-0.25, -0.2) is 0 Å². The van der Waals surface area contributed by atoms with E-state index in [4.69, 9.17) is 6.42 Å². The smallest absolute Gasteiger partial charge is 0.221 e. The summed E-state index contributed by atoms with van der Waals surface area (Å²) in [5.74, 6) is 2.95. The highest BCUT2D eigenvalue weighted by Crippen LogP contribution is 2.11. The predicted molar refractivity (Wildman–Crippen MR) is 47.4 cm³/mol. The van der Waals surface area contributed by atoms with E-state index in [0.29, 0.717) is 18.9 Å². The van der Waals surface area contributed by atoms with Crippen molar-refractivity contribution in [2.75, 3.05) is 19.6 Å². The topological polar surface area (TPSA) is 41.1 Å². The molecular weight excluding hydrogens is 152 g/mol. The van der Waals surface area contributed by atoms with Crippen LogP contribution in [0.1, 0.15) is 12.8 Å². The van der Waals surface area contributed by atoms with E-state index in [1.807, 2.05) is 0 Å². The second-order valence-corrected chi connectivity index (χ2v) is 3.04. The fourth-order valence-electron chi connectivity index (χ4n) is 1.37. The van der Waals surface area contributed by atoms with Crippen molar-refractivity contribution in [3.8, 4) is 12.3 Å². The number of nitrogens with one attached hydrogen (secondary N) is 2. The summed E-state index contributed by atoms with van der Waals surface area (Å²) in [6.07, 6.45) is 6.71. The first-order valence-corrected chi connectivity index (χ1v) is 4.24. The van der Waals surface area contributed by atoms with Crippen LogP contribution in [0.4, 0.5) is 0 Å². The normalized spacial score (nSPS) is 21.8. The van der Waals surface area contributed by atoms with E-state index < -0.39 is 0 Å². The Morgan fingerprint density at radius 2 is 2.58 bits per heavy atom. The van der Waals surface area contributed by atoms with Gasteiger partial charge in [0.15, 0.2) is 0 Å². The zero-order valence-corrected chi connectivity index (χ0v) is 7.10. The highest BCUT2D eigenvalue weighted by molar-refractivity contribution is 5.76. The summed E-state index contributed by atoms with van der Waals surface area (Å²) < 4.78 is 0. The first-order valence-electron chi connectivity index (χ1n) is 4.24. The van der Waals surface area contributed by atoms with Crippen LogP contribution < -0.4 is 10.6 Å². The molecule has 1 atom stereocenters. The van der Waals surface area contributed by atoms with Crippen LogP contribution in [0.15, 0.2) is 0 Å². The maximum atomic E-state index is 11.1. The third-order valence-corrected chi connectivity index (χ3v) is 2.02. The molecule has 0 spiro atoms. The number of hydrogen-bond acceptors (Lipinski definition) is 2. The summed E-state index contributed by atoms with van der Waals surface area (Å²) in [6, 6.07) is 0. The molecule has 1 rings (SSSR count). The highest BCUT2D eigenvalue weighted by Gasteiger charge is 2.17. The second kappa shape index (κ2) is 4.78. The summed E-state index contributed by atoms with van der Waals surface area (Å²) in [7, 11) is 0. The Hall–Kier alpha value is -1.01. The lowest BCUT2D eigenvalue weighted by atomic mass is 10.0. The lowest BCUT2D eigenvalue weighted by molar-refractivity contribution is -0.121. The van der Waals surface area contributed by atoms with Crippen LogP contribution in [0, 0.1) is 18.3 Å². The maximum absolute atomic E-state index is 11.1. The molecule has 0 aliphatic carbocycles. The van der Waals surface area contributed by atoms with Crippen LogP contribution in [0.3, 0.4) is 0 Å². The van der Waals surface area contributed by atoms with E-state index in [2.05, 4.69) is 16.6 Å². The van der Waals surface area contributed by atoms with Crippen molar-refractivity contribution in [1.29, 1.82) is 0 Å². The predicted octanol–water partition coefficient (Wildman–Crippen LogP) is -0.265. The first kappa shape index (κ1) is 9.08. The Kier molecular flexibility index (Phi) is 3.62. The maximum Gasteiger partial charge on any atom is 0.221 e. The molecule has 1 aliphatic heterocycles. The highest BCUT2D eigenvalue weighted by atomic mass is 16.1. The van der Waals surface area contributed by atoms with Gasteiger partial charge in [0.2, 0.25) is 5.91 Å². The summed E-state index contributed by atoms with van der Waals surface area (Å²) >= 11 is 0. The van der Waals surface area contributed by atoms with Gasteiger partial charge in [-0.2, -0.15) is 0 Å². The quantitative estimate of drug-likeness (QED) is 0.567. The Bertz CT molecular complexity index is 189. The molecule has 2 N–H and O–H groups in total. The van der Waals surface area contributed by atoms with Crippen molar-refractivity contribution in [2.45, 2.75) is 12.8 Å². The number of hydrogen-bond donors (Lipinski definition) is 2. The molecule has 1 unspecified atom stereocenters. The number of rotatable bonds is 3. The largest absolute Gasteiger partial charge is 0.345 e. The van der Waals surface area contributed by atoms with Crippen LogP contribution in [0.2, 0.25) is 0 Å². The molecule has 66 valence electrons. The van der Waals surface area contributed by atoms with Crippen molar-refractivity contribution in [3.05, 3.63) is 0 Å². The zero-order valence-electron chi connectivity index (χ0n) is 7.10. The molecule has 0 saturated carbocycles. The van der Waals surface area contributed by atoms with Crippen molar-refractivity contribution in [2.24, 2.45) is 5.92 Å². The molecule has 0 bridgehead atoms. The van der Waals surface area contributed by atoms with Gasteiger partial charge in [0, 0.05) is 6.42 Å². The van der Waals surface area contributed by atoms with Crippen molar-refractivity contribution in [3.63, 3.8) is 0 Å². The third kappa shape index (κ3) is 2.93. The lowest BCUT2D eigenvalue weighted by Crippen LogP contribution is -2.26. The van der Waals surface area contributed by atoms with E-state index in [-0.39, 0.29) is 5.91 Å². The van der Waals surface area contributed by atoms with E-state index in [1.165, 1.54) is 0 Å². The number of amides is 1. The molecule has 0 radical (unpaired) electrons. The number of carbonyl (C=O) groups excluding carboxylic acids is 1. The summed E-state index contributed by atoms with van der Waals surface area (Å²) in [6.45, 7) is 2.34. The molecule has 0 aromatic heterocycles. The fraction of sp³-hybridized carbons (Fsp3) is 0.667. The van der Waals surface area contributed by atoms with Crippen molar-refractivity contribution in [1.82, 2.24) is 10.6 Å². The second-order valence-electron chi connectivity index (χ2n) is 3.04. The Labute approximate surface area is 72.9 Å². The molecule has 12 heavy (non-hydrogen) atoms. The van der Waals surface area contributed by atoms with Gasteiger partial charge in [0.25, 0.3) is 0 Å². The van der Waals surface area contributed by atoms with E-state index in [0.717, 1.165) is 19.5 Å². The average molecular weight is 166 g/mol. The van der Waals surface area contributed by atoms with Gasteiger partial charge in [-0.1, -0.05) is 5.92 Å². The minimum Gasteiger partial charge on any atom is -0.345 e. The van der Waals surface area contributed by atoms with Crippen molar-refractivity contribution >= 4 is 5.91 Å². The molecular formula is C9H14N2O. The third-order valence-electron chi connectivity index (χ3n) is 2.02. The van der Waals surface area contributed by atoms with Gasteiger partial charge in [-0.15, -0.1) is 6.42 Å². The van der Waals surface area contributed by atoms with Gasteiger partial charge in [0.05, 0.1) is 6.54 Å². The van der Waals surface area contributed by atoms with E-state index in [9.17, 15) is 4.79 Å². The van der Waals surface area contributed by atoms with Gasteiger partial charge in [0.1, 0.15) is 0 Å². The summed E-state index contributed by atoms with van der Waals surface area (Å²) in [5, 5.41) is 5.87. The van der Waals surface area contributed by atoms with Crippen LogP contribution in [-0.4, -0.2) is 25.5 Å². The summed E-state index contributed by atoms with van der Waals surface area (Å²) in [5.41, 5.74) is 0.